The van der Waals surface area contributed by atoms with Crippen LogP contribution in [0.15, 0.2) is 27.5 Å². The van der Waals surface area contributed by atoms with Gasteiger partial charge >= 0.3 is 5.97 Å². The Kier molecular flexibility index (Phi) is 4.39. The fourth-order valence-electron chi connectivity index (χ4n) is 1.38. The van der Waals surface area contributed by atoms with Gasteiger partial charge in [0.25, 0.3) is 0 Å². The van der Waals surface area contributed by atoms with Crippen LogP contribution in [0.4, 0.5) is 0 Å². The molecule has 1 aromatic carbocycles. The van der Waals surface area contributed by atoms with Gasteiger partial charge < -0.3 is 14.6 Å². The Labute approximate surface area is 121 Å². The molecule has 0 bridgehead atoms. The van der Waals surface area contributed by atoms with E-state index in [1.165, 1.54) is 30.6 Å². The minimum Gasteiger partial charge on any atom is -0.507 e. The third-order valence-electron chi connectivity index (χ3n) is 2.28. The maximum atomic E-state index is 11.4. The van der Waals surface area contributed by atoms with Crippen molar-refractivity contribution >= 4 is 33.2 Å². The third-order valence-corrected chi connectivity index (χ3v) is 3.70. The summed E-state index contributed by atoms with van der Waals surface area (Å²) in [7, 11) is 1.25. The van der Waals surface area contributed by atoms with Crippen LogP contribution in [0.25, 0.3) is 0 Å². The number of phenolic OH excluding ortho intramolecular Hbond substituents is 1. The van der Waals surface area contributed by atoms with Crippen LogP contribution >= 0.6 is 27.3 Å². The highest BCUT2D eigenvalue weighted by Crippen LogP contribution is 2.24. The van der Waals surface area contributed by atoms with Crippen molar-refractivity contribution in [2.75, 3.05) is 7.11 Å². The lowest BCUT2D eigenvalue weighted by molar-refractivity contribution is 0.0597. The first-order valence-corrected chi connectivity index (χ1v) is 6.91. The molecule has 0 saturated carbocycles. The molecule has 2 rings (SSSR count). The minimum absolute atomic E-state index is 0.0689. The van der Waals surface area contributed by atoms with Gasteiger partial charge in [0, 0.05) is 5.38 Å². The molecule has 7 heteroatoms. The molecule has 0 saturated heterocycles. The van der Waals surface area contributed by atoms with Crippen LogP contribution in [0.3, 0.4) is 0 Å². The number of methoxy groups -OCH3 is 1. The summed E-state index contributed by atoms with van der Waals surface area (Å²) >= 11 is 4.73. The van der Waals surface area contributed by atoms with Crippen LogP contribution in [-0.2, 0) is 11.3 Å². The second kappa shape index (κ2) is 6.03. The number of aromatic hydroxyl groups is 1. The Balaban J connectivity index is 2.10. The molecule has 0 aliphatic rings. The summed E-state index contributed by atoms with van der Waals surface area (Å²) in [6.07, 6.45) is 0. The van der Waals surface area contributed by atoms with Gasteiger partial charge in [-0.2, -0.15) is 0 Å². The smallest absolute Gasteiger partial charge is 0.341 e. The zero-order valence-corrected chi connectivity index (χ0v) is 12.3. The Bertz CT molecular complexity index is 599. The maximum Gasteiger partial charge on any atom is 0.341 e. The number of nitrogens with zero attached hydrogens (tertiary/aromatic N) is 1. The Hall–Kier alpha value is -1.60. The monoisotopic (exact) mass is 343 g/mol. The van der Waals surface area contributed by atoms with Crippen molar-refractivity contribution in [3.05, 3.63) is 38.8 Å². The van der Waals surface area contributed by atoms with Crippen molar-refractivity contribution in [3.8, 4) is 11.5 Å². The number of carbonyl (C=O) groups is 1. The molecule has 1 heterocycles. The van der Waals surface area contributed by atoms with Crippen LogP contribution in [0, 0.1) is 0 Å². The van der Waals surface area contributed by atoms with Crippen molar-refractivity contribution < 1.29 is 19.4 Å². The molecule has 0 amide bonds. The third kappa shape index (κ3) is 3.45. The van der Waals surface area contributed by atoms with E-state index in [0.29, 0.717) is 5.75 Å². The summed E-state index contributed by atoms with van der Waals surface area (Å²) in [5, 5.41) is 11.4. The fourth-order valence-corrected chi connectivity index (χ4v) is 2.42. The van der Waals surface area contributed by atoms with Crippen molar-refractivity contribution in [1.29, 1.82) is 0 Å². The fraction of sp³-hybridized carbons (Fsp3) is 0.167. The minimum atomic E-state index is -0.612. The molecule has 1 N–H and O–H groups in total. The number of thiazole rings is 1. The molecule has 0 aliphatic heterocycles. The number of halogens is 1. The topological polar surface area (TPSA) is 68.7 Å². The first-order valence-electron chi connectivity index (χ1n) is 5.24. The second-order valence-electron chi connectivity index (χ2n) is 3.55. The molecule has 0 aliphatic carbocycles. The molecule has 0 unspecified atom stereocenters. The van der Waals surface area contributed by atoms with Crippen molar-refractivity contribution in [2.45, 2.75) is 6.61 Å². The lowest BCUT2D eigenvalue weighted by atomic mass is 10.2. The molecule has 100 valence electrons. The second-order valence-corrected chi connectivity index (χ2v) is 5.69. The molecule has 5 nitrogen and oxygen atoms in total. The molecule has 1 aromatic heterocycles. The number of esters is 1. The largest absolute Gasteiger partial charge is 0.507 e. The van der Waals surface area contributed by atoms with E-state index in [1.807, 2.05) is 5.38 Å². The van der Waals surface area contributed by atoms with Gasteiger partial charge in [-0.1, -0.05) is 0 Å². The predicted molar refractivity (Wildman–Crippen MR) is 73.6 cm³/mol. The van der Waals surface area contributed by atoms with E-state index in [1.54, 1.807) is 6.07 Å². The van der Waals surface area contributed by atoms with Gasteiger partial charge in [0.1, 0.15) is 23.7 Å². The number of carbonyl (C=O) groups excluding carboxylic acids is 1. The number of aromatic nitrogens is 1. The normalized spacial score (nSPS) is 10.2. The van der Waals surface area contributed by atoms with E-state index in [9.17, 15) is 9.90 Å². The maximum absolute atomic E-state index is 11.4. The SMILES string of the molecule is COC(=O)c1cc(OCc2csc(Br)n2)ccc1O. The van der Waals surface area contributed by atoms with Gasteiger partial charge in [0.05, 0.1) is 12.8 Å². The highest BCUT2D eigenvalue weighted by molar-refractivity contribution is 9.11. The van der Waals surface area contributed by atoms with Gasteiger partial charge in [-0.05, 0) is 34.1 Å². The number of hydrogen-bond donors (Lipinski definition) is 1. The average Bonchev–Trinajstić information content (AvgIpc) is 2.83. The first kappa shape index (κ1) is 13.8. The van der Waals surface area contributed by atoms with Crippen molar-refractivity contribution in [3.63, 3.8) is 0 Å². The Morgan fingerprint density at radius 3 is 2.95 bits per heavy atom. The molecule has 0 radical (unpaired) electrons. The number of benzene rings is 1. The number of hydrogen-bond acceptors (Lipinski definition) is 6. The van der Waals surface area contributed by atoms with Crippen LogP contribution in [-0.4, -0.2) is 23.2 Å². The van der Waals surface area contributed by atoms with Gasteiger partial charge in [-0.15, -0.1) is 11.3 Å². The number of phenols is 1. The van der Waals surface area contributed by atoms with Gasteiger partial charge in [-0.25, -0.2) is 9.78 Å². The van der Waals surface area contributed by atoms with Crippen LogP contribution in [0.1, 0.15) is 16.1 Å². The predicted octanol–water partition coefficient (Wildman–Crippen LogP) is 2.98. The summed E-state index contributed by atoms with van der Waals surface area (Å²) in [5.41, 5.74) is 0.851. The molecule has 19 heavy (non-hydrogen) atoms. The standard InChI is InChI=1S/C12H10BrNO4S/c1-17-11(16)9-4-8(2-3-10(9)15)18-5-7-6-19-12(13)14-7/h2-4,6,15H,5H2,1H3. The molecular weight excluding hydrogens is 334 g/mol. The lowest BCUT2D eigenvalue weighted by Gasteiger charge is -2.07. The highest BCUT2D eigenvalue weighted by atomic mass is 79.9. The van der Waals surface area contributed by atoms with Gasteiger partial charge in [0.15, 0.2) is 3.92 Å². The van der Waals surface area contributed by atoms with Gasteiger partial charge in [-0.3, -0.25) is 0 Å². The van der Waals surface area contributed by atoms with Gasteiger partial charge in [0.2, 0.25) is 0 Å². The Morgan fingerprint density at radius 1 is 1.53 bits per heavy atom. The van der Waals surface area contributed by atoms with Crippen LogP contribution in [0.2, 0.25) is 0 Å². The van der Waals surface area contributed by atoms with Crippen molar-refractivity contribution in [2.24, 2.45) is 0 Å². The number of rotatable bonds is 4. The van der Waals surface area contributed by atoms with E-state index in [2.05, 4.69) is 25.7 Å². The van der Waals surface area contributed by atoms with E-state index in [4.69, 9.17) is 4.74 Å². The summed E-state index contributed by atoms with van der Waals surface area (Å²) in [5.74, 6) is -0.294. The Morgan fingerprint density at radius 2 is 2.32 bits per heavy atom. The summed E-state index contributed by atoms with van der Waals surface area (Å²) in [6, 6.07) is 4.39. The number of ether oxygens (including phenoxy) is 2. The molecule has 2 aromatic rings. The first-order chi connectivity index (χ1) is 9.10. The lowest BCUT2D eigenvalue weighted by Crippen LogP contribution is -2.03. The van der Waals surface area contributed by atoms with E-state index >= 15 is 0 Å². The zero-order chi connectivity index (χ0) is 13.8. The summed E-state index contributed by atoms with van der Waals surface area (Å²) in [6.45, 7) is 0.285. The average molecular weight is 344 g/mol. The van der Waals surface area contributed by atoms with Crippen LogP contribution < -0.4 is 4.74 Å². The summed E-state index contributed by atoms with van der Waals surface area (Å²) < 4.78 is 10.9. The molecule has 0 atom stereocenters. The molecular formula is C12H10BrNO4S. The molecule has 0 spiro atoms. The summed E-state index contributed by atoms with van der Waals surface area (Å²) in [4.78, 5) is 15.6. The van der Waals surface area contributed by atoms with E-state index in [-0.39, 0.29) is 17.9 Å². The van der Waals surface area contributed by atoms with Crippen LogP contribution in [0.5, 0.6) is 11.5 Å². The van der Waals surface area contributed by atoms with E-state index in [0.717, 1.165) is 9.61 Å². The molecule has 0 fully saturated rings. The van der Waals surface area contributed by atoms with E-state index < -0.39 is 5.97 Å². The van der Waals surface area contributed by atoms with Crippen molar-refractivity contribution in [1.82, 2.24) is 4.98 Å². The highest BCUT2D eigenvalue weighted by Gasteiger charge is 2.12. The zero-order valence-electron chi connectivity index (χ0n) is 9.92. The quantitative estimate of drug-likeness (QED) is 0.864.